The standard InChI is InChI=1S/C27H30N2O5/c1-15-23(26(32)29-17-8-6-7-9-21(17)33-4)24(16-10-11-19(30)22(12-16)34-5)25-18(28-15)13-27(2,3)14-20(25)31/h6-12,24,28,30H,13-14H2,1-5H3,(H,29,32)/t24-/m1/s1. The Kier molecular flexibility index (Phi) is 6.13. The van der Waals surface area contributed by atoms with Gasteiger partial charge in [0.15, 0.2) is 17.3 Å². The average molecular weight is 463 g/mol. The van der Waals surface area contributed by atoms with Gasteiger partial charge in [0.25, 0.3) is 5.91 Å². The maximum Gasteiger partial charge on any atom is 0.254 e. The quantitative estimate of drug-likeness (QED) is 0.598. The van der Waals surface area contributed by atoms with Crippen LogP contribution in [0.15, 0.2) is 65.0 Å². The van der Waals surface area contributed by atoms with Crippen LogP contribution in [0.25, 0.3) is 0 Å². The molecule has 4 rings (SSSR count). The third-order valence-electron chi connectivity index (χ3n) is 6.38. The van der Waals surface area contributed by atoms with Gasteiger partial charge in [0.1, 0.15) is 5.75 Å². The second-order valence-electron chi connectivity index (χ2n) is 9.52. The van der Waals surface area contributed by atoms with E-state index in [9.17, 15) is 14.7 Å². The molecule has 2 aromatic carbocycles. The van der Waals surface area contributed by atoms with Gasteiger partial charge in [0.2, 0.25) is 0 Å². The number of ether oxygens (including phenoxy) is 2. The largest absolute Gasteiger partial charge is 0.504 e. The molecule has 2 aliphatic rings. The number of anilines is 1. The van der Waals surface area contributed by atoms with Crippen LogP contribution in [-0.2, 0) is 9.59 Å². The van der Waals surface area contributed by atoms with Crippen molar-refractivity contribution in [3.8, 4) is 17.2 Å². The molecule has 1 amide bonds. The molecule has 1 atom stereocenters. The van der Waals surface area contributed by atoms with Crippen LogP contribution in [0.5, 0.6) is 17.2 Å². The van der Waals surface area contributed by atoms with Gasteiger partial charge in [-0.2, -0.15) is 0 Å². The number of ketones is 1. The van der Waals surface area contributed by atoms with Crippen molar-refractivity contribution in [3.63, 3.8) is 0 Å². The number of phenols is 1. The fourth-order valence-electron chi connectivity index (χ4n) is 4.88. The molecule has 1 aliphatic heterocycles. The van der Waals surface area contributed by atoms with Crippen LogP contribution in [0.2, 0.25) is 0 Å². The Morgan fingerprint density at radius 1 is 1.09 bits per heavy atom. The first kappa shape index (κ1) is 23.4. The summed E-state index contributed by atoms with van der Waals surface area (Å²) >= 11 is 0. The van der Waals surface area contributed by atoms with E-state index in [4.69, 9.17) is 9.47 Å². The summed E-state index contributed by atoms with van der Waals surface area (Å²) in [6.07, 6.45) is 1.08. The third-order valence-corrected chi connectivity index (χ3v) is 6.38. The second kappa shape index (κ2) is 8.89. The molecular weight excluding hydrogens is 432 g/mol. The van der Waals surface area contributed by atoms with E-state index in [1.807, 2.05) is 19.1 Å². The highest BCUT2D eigenvalue weighted by atomic mass is 16.5. The van der Waals surface area contributed by atoms with Crippen molar-refractivity contribution in [3.05, 3.63) is 70.6 Å². The van der Waals surface area contributed by atoms with Gasteiger partial charge in [-0.15, -0.1) is 0 Å². The van der Waals surface area contributed by atoms with Gasteiger partial charge in [0, 0.05) is 34.9 Å². The summed E-state index contributed by atoms with van der Waals surface area (Å²) in [5.74, 6) is -0.128. The highest BCUT2D eigenvalue weighted by molar-refractivity contribution is 6.10. The molecule has 0 unspecified atom stereocenters. The van der Waals surface area contributed by atoms with Crippen LogP contribution >= 0.6 is 0 Å². The molecule has 1 heterocycles. The lowest BCUT2D eigenvalue weighted by molar-refractivity contribution is -0.118. The first-order valence-electron chi connectivity index (χ1n) is 11.2. The Labute approximate surface area is 199 Å². The van der Waals surface area contributed by atoms with E-state index in [2.05, 4.69) is 24.5 Å². The highest BCUT2D eigenvalue weighted by Gasteiger charge is 2.43. The van der Waals surface area contributed by atoms with Crippen molar-refractivity contribution < 1.29 is 24.2 Å². The summed E-state index contributed by atoms with van der Waals surface area (Å²) in [5.41, 5.74) is 3.58. The number of Topliss-reactive ketones (excluding diaryl/α,β-unsaturated/α-hetero) is 1. The smallest absolute Gasteiger partial charge is 0.254 e. The molecule has 1 aliphatic carbocycles. The summed E-state index contributed by atoms with van der Waals surface area (Å²) in [7, 11) is 3.01. The van der Waals surface area contributed by atoms with Crippen molar-refractivity contribution in [1.82, 2.24) is 5.32 Å². The number of nitrogens with one attached hydrogen (secondary N) is 2. The lowest BCUT2D eigenvalue weighted by atomic mass is 9.68. The van der Waals surface area contributed by atoms with Crippen LogP contribution in [0.4, 0.5) is 5.69 Å². The van der Waals surface area contributed by atoms with Crippen molar-refractivity contribution in [2.45, 2.75) is 39.5 Å². The fraction of sp³-hybridized carbons (Fsp3) is 0.333. The molecule has 178 valence electrons. The molecule has 7 heteroatoms. The van der Waals surface area contributed by atoms with Gasteiger partial charge in [-0.25, -0.2) is 0 Å². The normalized spacial score (nSPS) is 19.3. The Morgan fingerprint density at radius 2 is 1.79 bits per heavy atom. The summed E-state index contributed by atoms with van der Waals surface area (Å²) in [4.78, 5) is 27.1. The molecule has 0 radical (unpaired) electrons. The number of hydrogen-bond donors (Lipinski definition) is 3. The first-order valence-corrected chi connectivity index (χ1v) is 11.2. The van der Waals surface area contributed by atoms with Gasteiger partial charge < -0.3 is 25.2 Å². The number of hydrogen-bond acceptors (Lipinski definition) is 6. The number of benzene rings is 2. The summed E-state index contributed by atoms with van der Waals surface area (Å²) in [5, 5.41) is 16.5. The van der Waals surface area contributed by atoms with Gasteiger partial charge in [-0.3, -0.25) is 9.59 Å². The summed E-state index contributed by atoms with van der Waals surface area (Å²) in [6, 6.07) is 12.1. The van der Waals surface area contributed by atoms with Crippen LogP contribution in [0, 0.1) is 5.41 Å². The molecule has 0 saturated heterocycles. The van der Waals surface area contributed by atoms with E-state index in [0.717, 1.165) is 5.70 Å². The molecular formula is C27H30N2O5. The van der Waals surface area contributed by atoms with E-state index in [-0.39, 0.29) is 28.6 Å². The number of amides is 1. The molecule has 0 bridgehead atoms. The number of rotatable bonds is 5. The molecule has 34 heavy (non-hydrogen) atoms. The predicted molar refractivity (Wildman–Crippen MR) is 130 cm³/mol. The Hall–Kier alpha value is -3.74. The Morgan fingerprint density at radius 3 is 2.50 bits per heavy atom. The van der Waals surface area contributed by atoms with Crippen molar-refractivity contribution in [1.29, 1.82) is 0 Å². The van der Waals surface area contributed by atoms with Crippen LogP contribution in [-0.4, -0.2) is 31.0 Å². The predicted octanol–water partition coefficient (Wildman–Crippen LogP) is 4.65. The van der Waals surface area contributed by atoms with E-state index >= 15 is 0 Å². The van der Waals surface area contributed by atoms with Crippen LogP contribution in [0.1, 0.15) is 45.1 Å². The molecule has 2 aromatic rings. The SMILES string of the molecule is COc1cc([C@@H]2C(C(=O)Nc3ccccc3OC)=C(C)NC3=C2C(=O)CC(C)(C)C3)ccc1O. The number of allylic oxidation sites excluding steroid dienone is 3. The third kappa shape index (κ3) is 4.25. The topological polar surface area (TPSA) is 96.9 Å². The zero-order valence-electron chi connectivity index (χ0n) is 20.1. The highest BCUT2D eigenvalue weighted by Crippen LogP contribution is 2.47. The minimum Gasteiger partial charge on any atom is -0.504 e. The second-order valence-corrected chi connectivity index (χ2v) is 9.52. The summed E-state index contributed by atoms with van der Waals surface area (Å²) < 4.78 is 10.7. The molecule has 0 spiro atoms. The summed E-state index contributed by atoms with van der Waals surface area (Å²) in [6.45, 7) is 5.98. The van der Waals surface area contributed by atoms with Gasteiger partial charge in [-0.05, 0) is 48.6 Å². The lowest BCUT2D eigenvalue weighted by Gasteiger charge is -2.39. The molecule has 3 N–H and O–H groups in total. The minimum atomic E-state index is -0.607. The van der Waals surface area contributed by atoms with Gasteiger partial charge in [0.05, 0.1) is 19.9 Å². The van der Waals surface area contributed by atoms with E-state index in [1.54, 1.807) is 31.4 Å². The lowest BCUT2D eigenvalue weighted by Crippen LogP contribution is -2.39. The number of aromatic hydroxyl groups is 1. The molecule has 0 saturated carbocycles. The number of carbonyl (C=O) groups is 2. The first-order chi connectivity index (χ1) is 16.1. The fourth-order valence-corrected chi connectivity index (χ4v) is 4.88. The van der Waals surface area contributed by atoms with Gasteiger partial charge >= 0.3 is 0 Å². The minimum absolute atomic E-state index is 0.00545. The van der Waals surface area contributed by atoms with Crippen molar-refractivity contribution in [2.24, 2.45) is 5.41 Å². The number of methoxy groups -OCH3 is 2. The van der Waals surface area contributed by atoms with Gasteiger partial charge in [-0.1, -0.05) is 32.0 Å². The maximum absolute atomic E-state index is 13.7. The monoisotopic (exact) mass is 462 g/mol. The zero-order chi connectivity index (χ0) is 24.6. The number of dihydropyridines is 1. The van der Waals surface area contributed by atoms with Crippen LogP contribution in [0.3, 0.4) is 0 Å². The van der Waals surface area contributed by atoms with E-state index < -0.39 is 5.92 Å². The Balaban J connectivity index is 1.84. The van der Waals surface area contributed by atoms with Crippen molar-refractivity contribution in [2.75, 3.05) is 19.5 Å². The number of para-hydroxylation sites is 2. The number of phenolic OH excluding ortho intramolecular Hbond substituents is 1. The average Bonchev–Trinajstić information content (AvgIpc) is 2.78. The van der Waals surface area contributed by atoms with E-state index in [1.165, 1.54) is 13.2 Å². The van der Waals surface area contributed by atoms with Crippen molar-refractivity contribution >= 4 is 17.4 Å². The Bertz CT molecular complexity index is 1230. The van der Waals surface area contributed by atoms with Crippen LogP contribution < -0.4 is 20.1 Å². The number of carbonyl (C=O) groups excluding carboxylic acids is 2. The zero-order valence-corrected chi connectivity index (χ0v) is 20.1. The van der Waals surface area contributed by atoms with E-state index in [0.29, 0.717) is 46.7 Å². The molecule has 0 fully saturated rings. The molecule has 7 nitrogen and oxygen atoms in total. The molecule has 0 aromatic heterocycles. The maximum atomic E-state index is 13.7.